The second kappa shape index (κ2) is 7.77. The third-order valence-electron chi connectivity index (χ3n) is 2.74. The Hall–Kier alpha value is -2.11. The Morgan fingerprint density at radius 1 is 1.00 bits per heavy atom. The van der Waals surface area contributed by atoms with Crippen molar-refractivity contribution < 1.29 is 9.59 Å². The molecule has 0 saturated heterocycles. The molecule has 0 aliphatic carbocycles. The summed E-state index contributed by atoms with van der Waals surface area (Å²) in [6, 6.07) is 14.1. The number of hydrogen-bond acceptors (Lipinski definition) is 2. The van der Waals surface area contributed by atoms with Crippen molar-refractivity contribution in [3.05, 3.63) is 75.2 Å². The molecule has 2 N–H and O–H groups in total. The van der Waals surface area contributed by atoms with Crippen molar-refractivity contribution in [3.63, 3.8) is 0 Å². The van der Waals surface area contributed by atoms with Crippen LogP contribution in [0.25, 0.3) is 6.08 Å². The average Bonchev–Trinajstić information content (AvgIpc) is 2.52. The molecule has 0 atom stereocenters. The zero-order valence-corrected chi connectivity index (χ0v) is 13.7. The van der Waals surface area contributed by atoms with E-state index < -0.39 is 11.8 Å². The molecule has 0 fully saturated rings. The van der Waals surface area contributed by atoms with Gasteiger partial charge in [-0.2, -0.15) is 0 Å². The molecule has 2 aromatic carbocycles. The molecule has 112 valence electrons. The van der Waals surface area contributed by atoms with Crippen molar-refractivity contribution in [1.29, 1.82) is 0 Å². The molecule has 22 heavy (non-hydrogen) atoms. The Labute approximate surface area is 141 Å². The van der Waals surface area contributed by atoms with Crippen molar-refractivity contribution in [2.45, 2.75) is 0 Å². The van der Waals surface area contributed by atoms with Crippen LogP contribution in [-0.2, 0) is 4.79 Å². The van der Waals surface area contributed by atoms with Crippen molar-refractivity contribution in [1.82, 2.24) is 10.9 Å². The summed E-state index contributed by atoms with van der Waals surface area (Å²) in [6.07, 6.45) is 2.86. The highest BCUT2D eigenvalue weighted by Crippen LogP contribution is 2.16. The number of amides is 2. The van der Waals surface area contributed by atoms with Crippen LogP contribution in [0, 0.1) is 0 Å². The molecule has 6 heteroatoms. The fraction of sp³-hybridized carbons (Fsp3) is 0. The van der Waals surface area contributed by atoms with Gasteiger partial charge in [0.1, 0.15) is 0 Å². The van der Waals surface area contributed by atoms with Crippen LogP contribution in [0.15, 0.2) is 59.1 Å². The lowest BCUT2D eigenvalue weighted by molar-refractivity contribution is -0.117. The van der Waals surface area contributed by atoms with Crippen LogP contribution >= 0.6 is 27.5 Å². The van der Waals surface area contributed by atoms with Gasteiger partial charge in [0.05, 0.1) is 5.56 Å². The van der Waals surface area contributed by atoms with E-state index in [0.717, 1.165) is 5.56 Å². The van der Waals surface area contributed by atoms with Gasteiger partial charge >= 0.3 is 0 Å². The zero-order chi connectivity index (χ0) is 15.9. The van der Waals surface area contributed by atoms with Gasteiger partial charge < -0.3 is 0 Å². The minimum Gasteiger partial charge on any atom is -0.268 e. The summed E-state index contributed by atoms with van der Waals surface area (Å²) in [6.45, 7) is 0. The average molecular weight is 380 g/mol. The van der Waals surface area contributed by atoms with Crippen molar-refractivity contribution in [2.75, 3.05) is 0 Å². The van der Waals surface area contributed by atoms with Crippen LogP contribution < -0.4 is 10.9 Å². The van der Waals surface area contributed by atoms with E-state index in [1.807, 2.05) is 6.07 Å². The van der Waals surface area contributed by atoms with Crippen molar-refractivity contribution in [3.8, 4) is 0 Å². The predicted molar refractivity (Wildman–Crippen MR) is 90.2 cm³/mol. The number of hydrazine groups is 1. The van der Waals surface area contributed by atoms with Crippen LogP contribution in [0.1, 0.15) is 15.9 Å². The second-order valence-electron chi connectivity index (χ2n) is 4.28. The highest BCUT2D eigenvalue weighted by molar-refractivity contribution is 9.10. The summed E-state index contributed by atoms with van der Waals surface area (Å²) in [5.41, 5.74) is 5.79. The molecule has 2 amide bonds. The summed E-state index contributed by atoms with van der Waals surface area (Å²) < 4.78 is 0.647. The molecule has 0 unspecified atom stereocenters. The number of hydrogen-bond donors (Lipinski definition) is 2. The maximum atomic E-state index is 11.9. The van der Waals surface area contributed by atoms with E-state index >= 15 is 0 Å². The molecule has 2 aromatic rings. The normalized spacial score (nSPS) is 10.5. The summed E-state index contributed by atoms with van der Waals surface area (Å²) >= 11 is 9.25. The molecule has 0 saturated carbocycles. The van der Waals surface area contributed by atoms with Crippen molar-refractivity contribution >= 4 is 45.4 Å². The van der Waals surface area contributed by atoms with Gasteiger partial charge in [0.15, 0.2) is 0 Å². The molecule has 0 heterocycles. The van der Waals surface area contributed by atoms with Gasteiger partial charge in [0.2, 0.25) is 0 Å². The molecule has 0 radical (unpaired) electrons. The fourth-order valence-electron chi connectivity index (χ4n) is 1.65. The first-order valence-electron chi connectivity index (χ1n) is 6.35. The zero-order valence-electron chi connectivity index (χ0n) is 11.3. The molecule has 4 nitrogen and oxygen atoms in total. The number of carbonyl (C=O) groups is 2. The van der Waals surface area contributed by atoms with E-state index in [4.69, 9.17) is 11.6 Å². The van der Waals surface area contributed by atoms with Crippen LogP contribution in [0.2, 0.25) is 5.02 Å². The van der Waals surface area contributed by atoms with Crippen LogP contribution in [-0.4, -0.2) is 11.8 Å². The van der Waals surface area contributed by atoms with Gasteiger partial charge in [-0.25, -0.2) is 0 Å². The molecular formula is C16H12BrClN2O2. The predicted octanol–water partition coefficient (Wildman–Crippen LogP) is 3.58. The number of rotatable bonds is 3. The van der Waals surface area contributed by atoms with E-state index in [1.165, 1.54) is 6.08 Å². The molecule has 0 aliphatic rings. The lowest BCUT2D eigenvalue weighted by Crippen LogP contribution is -2.40. The summed E-state index contributed by atoms with van der Waals surface area (Å²) in [4.78, 5) is 23.6. The first kappa shape index (κ1) is 16.3. The molecular weight excluding hydrogens is 368 g/mol. The Morgan fingerprint density at radius 3 is 2.41 bits per heavy atom. The van der Waals surface area contributed by atoms with Gasteiger partial charge in [0.25, 0.3) is 11.8 Å². The Morgan fingerprint density at radius 2 is 1.68 bits per heavy atom. The van der Waals surface area contributed by atoms with Gasteiger partial charge in [-0.1, -0.05) is 41.9 Å². The van der Waals surface area contributed by atoms with E-state index in [1.54, 1.807) is 48.5 Å². The SMILES string of the molecule is O=C(C=Cc1ccccc1Cl)NNC(=O)c1ccccc1Br. The topological polar surface area (TPSA) is 58.2 Å². The maximum absolute atomic E-state index is 11.9. The summed E-state index contributed by atoms with van der Waals surface area (Å²) in [5.74, 6) is -0.868. The summed E-state index contributed by atoms with van der Waals surface area (Å²) in [7, 11) is 0. The fourth-order valence-corrected chi connectivity index (χ4v) is 2.31. The molecule has 2 rings (SSSR count). The van der Waals surface area contributed by atoms with E-state index in [0.29, 0.717) is 15.1 Å². The third-order valence-corrected chi connectivity index (χ3v) is 3.77. The first-order valence-corrected chi connectivity index (χ1v) is 7.52. The van der Waals surface area contributed by atoms with Gasteiger partial charge in [-0.05, 0) is 45.8 Å². The largest absolute Gasteiger partial charge is 0.270 e. The van der Waals surface area contributed by atoms with E-state index in [9.17, 15) is 9.59 Å². The smallest absolute Gasteiger partial charge is 0.268 e. The van der Waals surface area contributed by atoms with Crippen molar-refractivity contribution in [2.24, 2.45) is 0 Å². The quantitative estimate of drug-likeness (QED) is 0.632. The Balaban J connectivity index is 1.92. The van der Waals surface area contributed by atoms with Crippen LogP contribution in [0.4, 0.5) is 0 Å². The van der Waals surface area contributed by atoms with Gasteiger partial charge in [-0.15, -0.1) is 0 Å². The van der Waals surface area contributed by atoms with Crippen LogP contribution in [0.5, 0.6) is 0 Å². The monoisotopic (exact) mass is 378 g/mol. The Bertz CT molecular complexity index is 732. The Kier molecular flexibility index (Phi) is 5.75. The number of carbonyl (C=O) groups excluding carboxylic acids is 2. The molecule has 0 spiro atoms. The number of halogens is 2. The van der Waals surface area contributed by atoms with E-state index in [-0.39, 0.29) is 0 Å². The lowest BCUT2D eigenvalue weighted by atomic mass is 10.2. The number of benzene rings is 2. The van der Waals surface area contributed by atoms with Crippen LogP contribution in [0.3, 0.4) is 0 Å². The first-order chi connectivity index (χ1) is 10.6. The molecule has 0 aromatic heterocycles. The minimum atomic E-state index is -0.458. The summed E-state index contributed by atoms with van der Waals surface area (Å²) in [5, 5.41) is 0.545. The maximum Gasteiger partial charge on any atom is 0.270 e. The molecule has 0 bridgehead atoms. The van der Waals surface area contributed by atoms with Gasteiger partial charge in [0, 0.05) is 15.6 Å². The highest BCUT2D eigenvalue weighted by atomic mass is 79.9. The third kappa shape index (κ3) is 4.44. The van der Waals surface area contributed by atoms with E-state index in [2.05, 4.69) is 26.8 Å². The lowest BCUT2D eigenvalue weighted by Gasteiger charge is -2.06. The second-order valence-corrected chi connectivity index (χ2v) is 5.54. The minimum absolute atomic E-state index is 0.410. The highest BCUT2D eigenvalue weighted by Gasteiger charge is 2.09. The van der Waals surface area contributed by atoms with Gasteiger partial charge in [-0.3, -0.25) is 20.4 Å². The standard InChI is InChI=1S/C16H12BrClN2O2/c17-13-7-3-2-6-12(13)16(22)20-19-15(21)10-9-11-5-1-4-8-14(11)18/h1-10H,(H,19,21)(H,20,22). The number of nitrogens with one attached hydrogen (secondary N) is 2. The molecule has 0 aliphatic heterocycles.